The third-order valence-corrected chi connectivity index (χ3v) is 2.99. The van der Waals surface area contributed by atoms with Gasteiger partial charge in [-0.05, 0) is 37.4 Å². The molecule has 0 amide bonds. The zero-order valence-corrected chi connectivity index (χ0v) is 8.53. The van der Waals surface area contributed by atoms with E-state index in [1.807, 2.05) is 31.2 Å². The van der Waals surface area contributed by atoms with Crippen molar-refractivity contribution in [3.63, 3.8) is 0 Å². The van der Waals surface area contributed by atoms with Crippen LogP contribution in [0.3, 0.4) is 0 Å². The van der Waals surface area contributed by atoms with Crippen molar-refractivity contribution < 1.29 is 5.11 Å². The first-order valence-corrected chi connectivity index (χ1v) is 5.26. The predicted molar refractivity (Wildman–Crippen MR) is 57.2 cm³/mol. The number of aliphatic hydroxyl groups excluding tert-OH is 1. The molecular weight excluding hydrogens is 174 g/mol. The predicted octanol–water partition coefficient (Wildman–Crippen LogP) is 1.78. The van der Waals surface area contributed by atoms with Gasteiger partial charge in [-0.1, -0.05) is 24.3 Å². The van der Waals surface area contributed by atoms with E-state index in [2.05, 4.69) is 5.32 Å². The highest BCUT2D eigenvalue weighted by Crippen LogP contribution is 2.24. The Labute approximate surface area is 85.0 Å². The van der Waals surface area contributed by atoms with Gasteiger partial charge in [0.05, 0.1) is 6.10 Å². The third kappa shape index (κ3) is 1.81. The molecule has 0 saturated carbocycles. The van der Waals surface area contributed by atoms with Crippen LogP contribution in [0.5, 0.6) is 0 Å². The van der Waals surface area contributed by atoms with Gasteiger partial charge in [0.15, 0.2) is 0 Å². The van der Waals surface area contributed by atoms with Crippen LogP contribution in [0.1, 0.15) is 30.1 Å². The molecule has 1 heterocycles. The molecule has 0 aromatic heterocycles. The second-order valence-corrected chi connectivity index (χ2v) is 4.00. The van der Waals surface area contributed by atoms with Crippen molar-refractivity contribution in [3.8, 4) is 0 Å². The zero-order valence-electron chi connectivity index (χ0n) is 8.53. The molecule has 1 aliphatic rings. The molecule has 2 N–H and O–H groups in total. The van der Waals surface area contributed by atoms with E-state index >= 15 is 0 Å². The first-order chi connectivity index (χ1) is 6.79. The van der Waals surface area contributed by atoms with E-state index in [1.54, 1.807) is 0 Å². The summed E-state index contributed by atoms with van der Waals surface area (Å²) < 4.78 is 0. The molecule has 14 heavy (non-hydrogen) atoms. The van der Waals surface area contributed by atoms with Gasteiger partial charge < -0.3 is 10.4 Å². The minimum Gasteiger partial charge on any atom is -0.387 e. The second-order valence-electron chi connectivity index (χ2n) is 4.00. The fourth-order valence-electron chi connectivity index (χ4n) is 2.12. The van der Waals surface area contributed by atoms with E-state index in [0.29, 0.717) is 0 Å². The summed E-state index contributed by atoms with van der Waals surface area (Å²) >= 11 is 0. The normalized spacial score (nSPS) is 23.7. The van der Waals surface area contributed by atoms with Crippen LogP contribution >= 0.6 is 0 Å². The first kappa shape index (κ1) is 9.69. The van der Waals surface area contributed by atoms with E-state index in [1.165, 1.54) is 12.0 Å². The highest BCUT2D eigenvalue weighted by atomic mass is 16.3. The van der Waals surface area contributed by atoms with Crippen LogP contribution in [-0.2, 0) is 0 Å². The van der Waals surface area contributed by atoms with E-state index in [-0.39, 0.29) is 12.1 Å². The highest BCUT2D eigenvalue weighted by molar-refractivity contribution is 5.28. The number of hydrogen-bond acceptors (Lipinski definition) is 2. The summed E-state index contributed by atoms with van der Waals surface area (Å²) in [6, 6.07) is 8.30. The van der Waals surface area contributed by atoms with Gasteiger partial charge in [0.25, 0.3) is 0 Å². The van der Waals surface area contributed by atoms with E-state index in [4.69, 9.17) is 0 Å². The molecule has 2 atom stereocenters. The molecule has 1 aliphatic heterocycles. The molecule has 76 valence electrons. The summed E-state index contributed by atoms with van der Waals surface area (Å²) in [4.78, 5) is 0. The summed E-state index contributed by atoms with van der Waals surface area (Å²) in [6.45, 7) is 3.08. The maximum absolute atomic E-state index is 10.1. The Morgan fingerprint density at radius 1 is 1.43 bits per heavy atom. The van der Waals surface area contributed by atoms with Crippen molar-refractivity contribution in [2.24, 2.45) is 0 Å². The van der Waals surface area contributed by atoms with Crippen LogP contribution in [0.2, 0.25) is 0 Å². The van der Waals surface area contributed by atoms with Gasteiger partial charge in [0.1, 0.15) is 0 Å². The van der Waals surface area contributed by atoms with E-state index in [9.17, 15) is 5.11 Å². The van der Waals surface area contributed by atoms with Crippen molar-refractivity contribution in [1.82, 2.24) is 5.32 Å². The van der Waals surface area contributed by atoms with Gasteiger partial charge in [-0.25, -0.2) is 0 Å². The van der Waals surface area contributed by atoms with Crippen molar-refractivity contribution in [1.29, 1.82) is 0 Å². The lowest BCUT2D eigenvalue weighted by molar-refractivity contribution is 0.137. The minimum absolute atomic E-state index is 0.246. The smallest absolute Gasteiger partial charge is 0.0945 e. The van der Waals surface area contributed by atoms with Crippen LogP contribution in [0.4, 0.5) is 0 Å². The van der Waals surface area contributed by atoms with Crippen LogP contribution in [-0.4, -0.2) is 17.7 Å². The summed E-state index contributed by atoms with van der Waals surface area (Å²) in [5.41, 5.74) is 2.24. The Bertz CT molecular complexity index is 305. The molecule has 1 aromatic carbocycles. The lowest BCUT2D eigenvalue weighted by Crippen LogP contribution is -2.29. The quantitative estimate of drug-likeness (QED) is 0.747. The average Bonchev–Trinajstić information content (AvgIpc) is 2.70. The van der Waals surface area contributed by atoms with Crippen LogP contribution in [0, 0.1) is 6.92 Å². The SMILES string of the molecule is Cc1ccccc1C(O)C1CCCN1. The average molecular weight is 191 g/mol. The molecule has 0 aliphatic carbocycles. The fourth-order valence-corrected chi connectivity index (χ4v) is 2.12. The monoisotopic (exact) mass is 191 g/mol. The Morgan fingerprint density at radius 2 is 2.21 bits per heavy atom. The molecule has 0 spiro atoms. The van der Waals surface area contributed by atoms with Crippen LogP contribution in [0.15, 0.2) is 24.3 Å². The Hall–Kier alpha value is -0.860. The van der Waals surface area contributed by atoms with Gasteiger partial charge in [-0.15, -0.1) is 0 Å². The molecule has 2 rings (SSSR count). The van der Waals surface area contributed by atoms with Crippen molar-refractivity contribution in [2.45, 2.75) is 31.9 Å². The van der Waals surface area contributed by atoms with E-state index in [0.717, 1.165) is 18.5 Å². The molecule has 2 nitrogen and oxygen atoms in total. The molecule has 0 radical (unpaired) electrons. The van der Waals surface area contributed by atoms with Gasteiger partial charge in [-0.3, -0.25) is 0 Å². The zero-order chi connectivity index (χ0) is 9.97. The topological polar surface area (TPSA) is 32.3 Å². The highest BCUT2D eigenvalue weighted by Gasteiger charge is 2.24. The second kappa shape index (κ2) is 4.11. The van der Waals surface area contributed by atoms with Gasteiger partial charge in [0.2, 0.25) is 0 Å². The third-order valence-electron chi connectivity index (χ3n) is 2.99. The van der Waals surface area contributed by atoms with E-state index < -0.39 is 0 Å². The first-order valence-electron chi connectivity index (χ1n) is 5.26. The number of hydrogen-bond donors (Lipinski definition) is 2. The number of aliphatic hydroxyl groups is 1. The number of aryl methyl sites for hydroxylation is 1. The molecule has 1 saturated heterocycles. The Balaban J connectivity index is 2.17. The van der Waals surface area contributed by atoms with Crippen molar-refractivity contribution in [2.75, 3.05) is 6.54 Å². The lowest BCUT2D eigenvalue weighted by atomic mass is 9.97. The number of benzene rings is 1. The summed E-state index contributed by atoms with van der Waals surface area (Å²) in [5, 5.41) is 13.5. The lowest BCUT2D eigenvalue weighted by Gasteiger charge is -2.20. The Kier molecular flexibility index (Phi) is 2.85. The molecule has 1 aromatic rings. The molecule has 2 heteroatoms. The summed E-state index contributed by atoms with van der Waals surface area (Å²) in [5.74, 6) is 0. The van der Waals surface area contributed by atoms with Gasteiger partial charge in [-0.2, -0.15) is 0 Å². The standard InChI is InChI=1S/C12H17NO/c1-9-5-2-3-6-10(9)12(14)11-7-4-8-13-11/h2-3,5-6,11-14H,4,7-8H2,1H3. The molecule has 0 bridgehead atoms. The molecular formula is C12H17NO. The minimum atomic E-state index is -0.348. The maximum Gasteiger partial charge on any atom is 0.0945 e. The number of rotatable bonds is 2. The van der Waals surface area contributed by atoms with Gasteiger partial charge in [0, 0.05) is 6.04 Å². The van der Waals surface area contributed by atoms with Crippen LogP contribution < -0.4 is 5.32 Å². The van der Waals surface area contributed by atoms with Crippen molar-refractivity contribution in [3.05, 3.63) is 35.4 Å². The summed E-state index contributed by atoms with van der Waals surface area (Å²) in [7, 11) is 0. The Morgan fingerprint density at radius 3 is 2.86 bits per heavy atom. The number of nitrogens with one attached hydrogen (secondary N) is 1. The fraction of sp³-hybridized carbons (Fsp3) is 0.500. The van der Waals surface area contributed by atoms with Crippen LogP contribution in [0.25, 0.3) is 0 Å². The summed E-state index contributed by atoms with van der Waals surface area (Å²) in [6.07, 6.45) is 1.90. The molecule has 2 unspecified atom stereocenters. The van der Waals surface area contributed by atoms with Crippen molar-refractivity contribution >= 4 is 0 Å². The van der Waals surface area contributed by atoms with Gasteiger partial charge >= 0.3 is 0 Å². The largest absolute Gasteiger partial charge is 0.387 e. The maximum atomic E-state index is 10.1. The molecule has 1 fully saturated rings.